The predicted octanol–water partition coefficient (Wildman–Crippen LogP) is 2.21. The zero-order valence-corrected chi connectivity index (χ0v) is 17.8. The molecule has 28 heavy (non-hydrogen) atoms. The average molecular weight is 452 g/mol. The maximum Gasteiger partial charge on any atom is 0.325 e. The number of hydrogen-bond acceptors (Lipinski definition) is 5. The molecule has 2 fully saturated rings. The van der Waals surface area contributed by atoms with Crippen LogP contribution in [0.25, 0.3) is 0 Å². The molecular weight excluding hydrogens is 426 g/mol. The Hall–Kier alpha value is -1.64. The van der Waals surface area contributed by atoms with E-state index in [0.29, 0.717) is 30.8 Å². The van der Waals surface area contributed by atoms with Gasteiger partial charge in [-0.25, -0.2) is 4.79 Å². The van der Waals surface area contributed by atoms with Crippen molar-refractivity contribution in [3.8, 4) is 5.75 Å². The molecule has 1 aromatic carbocycles. The van der Waals surface area contributed by atoms with Crippen LogP contribution in [0.2, 0.25) is 0 Å². The van der Waals surface area contributed by atoms with Crippen LogP contribution in [0.5, 0.6) is 5.75 Å². The van der Waals surface area contributed by atoms with Gasteiger partial charge in [-0.2, -0.15) is 0 Å². The van der Waals surface area contributed by atoms with Gasteiger partial charge in [0.25, 0.3) is 5.91 Å². The van der Waals surface area contributed by atoms with Gasteiger partial charge in [0, 0.05) is 42.6 Å². The number of urea groups is 1. The van der Waals surface area contributed by atoms with Crippen LogP contribution in [0.15, 0.2) is 22.7 Å². The molecule has 0 aromatic heterocycles. The third kappa shape index (κ3) is 3.42. The average Bonchev–Trinajstić information content (AvgIpc) is 2.85. The maximum absolute atomic E-state index is 13.5. The molecule has 3 amide bonds. The predicted molar refractivity (Wildman–Crippen MR) is 107 cm³/mol. The number of hydrogen-bond donors (Lipinski definition) is 2. The largest absolute Gasteiger partial charge is 0.487 e. The van der Waals surface area contributed by atoms with Crippen molar-refractivity contribution in [2.75, 3.05) is 26.2 Å². The van der Waals surface area contributed by atoms with E-state index in [1.165, 1.54) is 4.90 Å². The van der Waals surface area contributed by atoms with Gasteiger partial charge < -0.3 is 20.1 Å². The molecule has 1 atom stereocenters. The molecular formula is C20H26BrN3O4. The highest BCUT2D eigenvalue weighted by Crippen LogP contribution is 2.47. The minimum Gasteiger partial charge on any atom is -0.487 e. The number of ether oxygens (including phenoxy) is 1. The van der Waals surface area contributed by atoms with Crippen LogP contribution in [0.4, 0.5) is 4.79 Å². The van der Waals surface area contributed by atoms with E-state index < -0.39 is 11.1 Å². The third-order valence-electron chi connectivity index (χ3n) is 5.85. The van der Waals surface area contributed by atoms with Gasteiger partial charge in [0.2, 0.25) is 0 Å². The number of rotatable bonds is 3. The minimum atomic E-state index is -1.10. The lowest BCUT2D eigenvalue weighted by molar-refractivity contribution is -0.135. The first-order valence-corrected chi connectivity index (χ1v) is 10.5. The lowest BCUT2D eigenvalue weighted by Gasteiger charge is -2.42. The number of piperidine rings is 1. The Balaban J connectivity index is 1.58. The van der Waals surface area contributed by atoms with Gasteiger partial charge in [-0.05, 0) is 44.9 Å². The molecule has 3 heterocycles. The quantitative estimate of drug-likeness (QED) is 0.688. The number of amides is 3. The molecule has 152 valence electrons. The highest BCUT2D eigenvalue weighted by molar-refractivity contribution is 9.10. The van der Waals surface area contributed by atoms with Crippen LogP contribution in [0, 0.1) is 0 Å². The number of halogens is 1. The van der Waals surface area contributed by atoms with Crippen molar-refractivity contribution in [3.63, 3.8) is 0 Å². The molecule has 8 heteroatoms. The summed E-state index contributed by atoms with van der Waals surface area (Å²) >= 11 is 3.47. The van der Waals surface area contributed by atoms with E-state index in [2.05, 4.69) is 26.1 Å². The zero-order valence-electron chi connectivity index (χ0n) is 16.2. The van der Waals surface area contributed by atoms with Crippen molar-refractivity contribution >= 4 is 27.9 Å². The van der Waals surface area contributed by atoms with Gasteiger partial charge in [-0.15, -0.1) is 0 Å². The van der Waals surface area contributed by atoms with E-state index in [4.69, 9.17) is 4.74 Å². The van der Waals surface area contributed by atoms with Crippen LogP contribution >= 0.6 is 15.9 Å². The fraction of sp³-hybridized carbons (Fsp3) is 0.600. The van der Waals surface area contributed by atoms with E-state index >= 15 is 0 Å². The van der Waals surface area contributed by atoms with Crippen molar-refractivity contribution in [1.82, 2.24) is 15.1 Å². The second-order valence-corrected chi connectivity index (χ2v) is 9.46. The summed E-state index contributed by atoms with van der Waals surface area (Å²) in [6.07, 6.45) is 1.60. The smallest absolute Gasteiger partial charge is 0.325 e. The normalized spacial score (nSPS) is 27.6. The lowest BCUT2D eigenvalue weighted by Crippen LogP contribution is -2.54. The number of nitrogens with zero attached hydrogens (tertiary/aromatic N) is 2. The molecule has 0 bridgehead atoms. The van der Waals surface area contributed by atoms with Crippen LogP contribution in [0.3, 0.4) is 0 Å². The number of carbonyl (C=O) groups is 2. The summed E-state index contributed by atoms with van der Waals surface area (Å²) in [5, 5.41) is 12.6. The Labute approximate surface area is 173 Å². The molecule has 0 saturated carbocycles. The summed E-state index contributed by atoms with van der Waals surface area (Å²) in [5.41, 5.74) is -0.984. The Bertz CT molecular complexity index is 807. The number of benzene rings is 1. The van der Waals surface area contributed by atoms with Gasteiger partial charge in [0.1, 0.15) is 11.4 Å². The number of carbonyl (C=O) groups excluding carboxylic acids is 2. The first kappa shape index (κ1) is 19.7. The summed E-state index contributed by atoms with van der Waals surface area (Å²) in [4.78, 5) is 29.8. The second kappa shape index (κ2) is 7.00. The van der Waals surface area contributed by atoms with Gasteiger partial charge >= 0.3 is 6.03 Å². The standard InChI is InChI=1S/C20H26BrN3O4/c1-19(2)12-20(15-11-13(21)3-4-16(15)28-19)17(26)24(18(27)22-20)10-9-23-7-5-14(25)6-8-23/h3-4,11,14,25H,5-10,12H2,1-2H3,(H,22,27). The fourth-order valence-corrected chi connectivity index (χ4v) is 4.87. The number of imide groups is 1. The number of likely N-dealkylation sites (tertiary alicyclic amines) is 1. The Morgan fingerprint density at radius 1 is 1.25 bits per heavy atom. The van der Waals surface area contributed by atoms with Crippen LogP contribution in [-0.2, 0) is 10.3 Å². The molecule has 0 aliphatic carbocycles. The van der Waals surface area contributed by atoms with Crippen LogP contribution < -0.4 is 10.1 Å². The Morgan fingerprint density at radius 2 is 1.96 bits per heavy atom. The van der Waals surface area contributed by atoms with Gasteiger partial charge in [0.15, 0.2) is 5.54 Å². The van der Waals surface area contributed by atoms with E-state index in [1.54, 1.807) is 0 Å². The second-order valence-electron chi connectivity index (χ2n) is 8.54. The number of aliphatic hydroxyl groups excluding tert-OH is 1. The van der Waals surface area contributed by atoms with Crippen LogP contribution in [0.1, 0.15) is 38.7 Å². The molecule has 3 aliphatic rings. The lowest BCUT2D eigenvalue weighted by atomic mass is 9.77. The highest BCUT2D eigenvalue weighted by Gasteiger charge is 2.58. The number of nitrogens with one attached hydrogen (secondary N) is 1. The number of aliphatic hydroxyl groups is 1. The van der Waals surface area contributed by atoms with Crippen molar-refractivity contribution < 1.29 is 19.4 Å². The minimum absolute atomic E-state index is 0.217. The van der Waals surface area contributed by atoms with Gasteiger partial charge in [0.05, 0.1) is 6.10 Å². The zero-order chi connectivity index (χ0) is 20.1. The first-order valence-electron chi connectivity index (χ1n) is 9.74. The summed E-state index contributed by atoms with van der Waals surface area (Å²) in [6, 6.07) is 5.21. The summed E-state index contributed by atoms with van der Waals surface area (Å²) in [5.74, 6) is 0.408. The molecule has 1 unspecified atom stereocenters. The van der Waals surface area contributed by atoms with Crippen molar-refractivity contribution in [2.45, 2.75) is 50.4 Å². The summed E-state index contributed by atoms with van der Waals surface area (Å²) < 4.78 is 6.90. The molecule has 4 rings (SSSR count). The van der Waals surface area contributed by atoms with E-state index in [-0.39, 0.29) is 18.0 Å². The topological polar surface area (TPSA) is 82.1 Å². The highest BCUT2D eigenvalue weighted by atomic mass is 79.9. The molecule has 7 nitrogen and oxygen atoms in total. The summed E-state index contributed by atoms with van der Waals surface area (Å²) in [6.45, 7) is 6.39. The molecule has 1 spiro atoms. The third-order valence-corrected chi connectivity index (χ3v) is 6.34. The maximum atomic E-state index is 13.5. The monoisotopic (exact) mass is 451 g/mol. The SMILES string of the molecule is CC1(C)CC2(NC(=O)N(CCN3CCC(O)CC3)C2=O)c2cc(Br)ccc2O1. The fourth-order valence-electron chi connectivity index (χ4n) is 4.51. The first-order chi connectivity index (χ1) is 13.2. The van der Waals surface area contributed by atoms with Gasteiger partial charge in [-0.3, -0.25) is 9.69 Å². The van der Waals surface area contributed by atoms with Crippen molar-refractivity contribution in [3.05, 3.63) is 28.2 Å². The Kier molecular flexibility index (Phi) is 4.92. The Morgan fingerprint density at radius 3 is 2.68 bits per heavy atom. The van der Waals surface area contributed by atoms with E-state index in [9.17, 15) is 14.7 Å². The van der Waals surface area contributed by atoms with E-state index in [1.807, 2.05) is 32.0 Å². The molecule has 2 N–H and O–H groups in total. The number of fused-ring (bicyclic) bond motifs is 2. The molecule has 1 aromatic rings. The van der Waals surface area contributed by atoms with Crippen molar-refractivity contribution in [2.24, 2.45) is 0 Å². The summed E-state index contributed by atoms with van der Waals surface area (Å²) in [7, 11) is 0. The van der Waals surface area contributed by atoms with Crippen molar-refractivity contribution in [1.29, 1.82) is 0 Å². The van der Waals surface area contributed by atoms with E-state index in [0.717, 1.165) is 30.4 Å². The van der Waals surface area contributed by atoms with Crippen LogP contribution in [-0.4, -0.2) is 64.7 Å². The molecule has 3 aliphatic heterocycles. The van der Waals surface area contributed by atoms with Gasteiger partial charge in [-0.1, -0.05) is 15.9 Å². The molecule has 0 radical (unpaired) electrons. The molecule has 2 saturated heterocycles.